The fourth-order valence-corrected chi connectivity index (χ4v) is 7.15. The molecule has 0 aromatic rings. The predicted octanol–water partition coefficient (Wildman–Crippen LogP) is 6.50. The molecule has 0 amide bonds. The highest BCUT2D eigenvalue weighted by molar-refractivity contribution is 5.31. The van der Waals surface area contributed by atoms with Gasteiger partial charge in [0.2, 0.25) is 0 Å². The number of fused-ring (bicyclic) bond motifs is 5. The minimum atomic E-state index is 0.283. The van der Waals surface area contributed by atoms with Crippen molar-refractivity contribution in [2.75, 3.05) is 7.11 Å². The van der Waals surface area contributed by atoms with E-state index in [0.29, 0.717) is 11.3 Å². The van der Waals surface area contributed by atoms with Gasteiger partial charge in [0.15, 0.2) is 0 Å². The molecule has 7 atom stereocenters. The zero-order valence-electron chi connectivity index (χ0n) is 17.4. The van der Waals surface area contributed by atoms with Gasteiger partial charge in [0, 0.05) is 6.42 Å². The van der Waals surface area contributed by atoms with Crippen LogP contribution in [0.2, 0.25) is 0 Å². The van der Waals surface area contributed by atoms with Crippen LogP contribution in [0.5, 0.6) is 0 Å². The molecule has 2 saturated carbocycles. The fourth-order valence-electron chi connectivity index (χ4n) is 7.15. The molecular formula is C24H37NO. The Morgan fingerprint density at radius 2 is 2.04 bits per heavy atom. The van der Waals surface area contributed by atoms with Crippen LogP contribution in [-0.2, 0) is 4.74 Å². The maximum absolute atomic E-state index is 9.83. The number of nitrogens with zero attached hydrogens (tertiary/aromatic N) is 1. The first-order valence-electron chi connectivity index (χ1n) is 11.0. The summed E-state index contributed by atoms with van der Waals surface area (Å²) in [5.41, 5.74) is 1.86. The van der Waals surface area contributed by atoms with Gasteiger partial charge in [-0.15, -0.1) is 0 Å². The molecule has 0 aliphatic heterocycles. The van der Waals surface area contributed by atoms with Crippen molar-refractivity contribution in [1.29, 1.82) is 5.26 Å². The predicted molar refractivity (Wildman–Crippen MR) is 107 cm³/mol. The second kappa shape index (κ2) is 7.79. The van der Waals surface area contributed by atoms with Gasteiger partial charge >= 0.3 is 0 Å². The molecule has 2 fully saturated rings. The van der Waals surface area contributed by atoms with Crippen LogP contribution in [0.3, 0.4) is 0 Å². The van der Waals surface area contributed by atoms with Crippen LogP contribution >= 0.6 is 0 Å². The number of nitriles is 1. The third kappa shape index (κ3) is 2.83. The van der Waals surface area contributed by atoms with Crippen molar-refractivity contribution in [3.8, 4) is 6.07 Å². The SMILES string of the molecule is CC.CCC12CCC3C4CCC(OC)=CC4=CCC3C1CC(C)C2C#N. The van der Waals surface area contributed by atoms with Crippen molar-refractivity contribution < 1.29 is 4.74 Å². The zero-order valence-corrected chi connectivity index (χ0v) is 17.4. The maximum atomic E-state index is 9.83. The minimum absolute atomic E-state index is 0.283. The van der Waals surface area contributed by atoms with Gasteiger partial charge in [-0.2, -0.15) is 5.26 Å². The van der Waals surface area contributed by atoms with Crippen LogP contribution in [0, 0.1) is 52.3 Å². The lowest BCUT2D eigenvalue weighted by Crippen LogP contribution is -2.46. The average molecular weight is 356 g/mol. The van der Waals surface area contributed by atoms with Crippen molar-refractivity contribution in [3.63, 3.8) is 0 Å². The van der Waals surface area contributed by atoms with E-state index in [2.05, 4.69) is 32.1 Å². The van der Waals surface area contributed by atoms with Gasteiger partial charge in [0.25, 0.3) is 0 Å². The summed E-state index contributed by atoms with van der Waals surface area (Å²) < 4.78 is 5.51. The lowest BCUT2D eigenvalue weighted by molar-refractivity contribution is -0.0151. The van der Waals surface area contributed by atoms with Crippen molar-refractivity contribution in [3.05, 3.63) is 23.5 Å². The largest absolute Gasteiger partial charge is 0.501 e. The average Bonchev–Trinajstić information content (AvgIpc) is 3.00. The molecule has 0 radical (unpaired) electrons. The van der Waals surface area contributed by atoms with E-state index < -0.39 is 0 Å². The summed E-state index contributed by atoms with van der Waals surface area (Å²) in [6.07, 6.45) is 13.5. The molecule has 0 aromatic heterocycles. The van der Waals surface area contributed by atoms with Gasteiger partial charge in [-0.25, -0.2) is 0 Å². The van der Waals surface area contributed by atoms with Crippen LogP contribution in [0.1, 0.15) is 72.6 Å². The van der Waals surface area contributed by atoms with E-state index in [4.69, 9.17) is 4.74 Å². The third-order valence-electron chi connectivity index (χ3n) is 8.22. The monoisotopic (exact) mass is 355 g/mol. The van der Waals surface area contributed by atoms with E-state index in [1.54, 1.807) is 12.7 Å². The smallest absolute Gasteiger partial charge is 0.0958 e. The molecule has 0 heterocycles. The Morgan fingerprint density at radius 1 is 1.27 bits per heavy atom. The van der Waals surface area contributed by atoms with Crippen molar-refractivity contribution in [2.45, 2.75) is 72.6 Å². The molecule has 2 nitrogen and oxygen atoms in total. The zero-order chi connectivity index (χ0) is 18.9. The summed E-state index contributed by atoms with van der Waals surface area (Å²) in [6.45, 7) is 8.67. The molecular weight excluding hydrogens is 318 g/mol. The molecule has 4 aliphatic rings. The minimum Gasteiger partial charge on any atom is -0.501 e. The van der Waals surface area contributed by atoms with Gasteiger partial charge in [-0.3, -0.25) is 0 Å². The van der Waals surface area contributed by atoms with Crippen molar-refractivity contribution >= 4 is 0 Å². The Balaban J connectivity index is 0.000000948. The number of methoxy groups -OCH3 is 1. The Kier molecular flexibility index (Phi) is 5.85. The summed E-state index contributed by atoms with van der Waals surface area (Å²) in [4.78, 5) is 0. The van der Waals surface area contributed by atoms with Crippen LogP contribution in [0.15, 0.2) is 23.5 Å². The molecule has 0 bridgehead atoms. The normalized spacial score (nSPS) is 43.4. The second-order valence-corrected chi connectivity index (χ2v) is 8.78. The number of hydrogen-bond donors (Lipinski definition) is 0. The highest BCUT2D eigenvalue weighted by Crippen LogP contribution is 2.65. The first kappa shape index (κ1) is 19.5. The molecule has 2 heteroatoms. The first-order chi connectivity index (χ1) is 12.6. The molecule has 4 aliphatic carbocycles. The Bertz CT molecular complexity index is 612. The van der Waals surface area contributed by atoms with Crippen LogP contribution in [0.25, 0.3) is 0 Å². The number of rotatable bonds is 2. The van der Waals surface area contributed by atoms with Crippen molar-refractivity contribution in [1.82, 2.24) is 0 Å². The molecule has 4 rings (SSSR count). The topological polar surface area (TPSA) is 33.0 Å². The summed E-state index contributed by atoms with van der Waals surface area (Å²) in [6, 6.07) is 2.73. The summed E-state index contributed by atoms with van der Waals surface area (Å²) in [7, 11) is 1.80. The number of ether oxygens (including phenoxy) is 1. The first-order valence-corrected chi connectivity index (χ1v) is 11.0. The maximum Gasteiger partial charge on any atom is 0.0958 e. The van der Waals surface area contributed by atoms with Gasteiger partial charge in [-0.1, -0.05) is 33.8 Å². The van der Waals surface area contributed by atoms with E-state index in [0.717, 1.165) is 35.9 Å². The summed E-state index contributed by atoms with van der Waals surface area (Å²) >= 11 is 0. The van der Waals surface area contributed by atoms with Gasteiger partial charge in [-0.05, 0) is 85.2 Å². The van der Waals surface area contributed by atoms with Gasteiger partial charge in [0.1, 0.15) is 0 Å². The molecule has 0 N–H and O–H groups in total. The highest BCUT2D eigenvalue weighted by Gasteiger charge is 2.59. The van der Waals surface area contributed by atoms with Crippen LogP contribution in [0.4, 0.5) is 0 Å². The molecule has 144 valence electrons. The Hall–Kier alpha value is -1.23. The lowest BCUT2D eigenvalue weighted by atomic mass is 9.51. The van der Waals surface area contributed by atoms with E-state index in [1.165, 1.54) is 38.5 Å². The van der Waals surface area contributed by atoms with Crippen LogP contribution < -0.4 is 0 Å². The van der Waals surface area contributed by atoms with Crippen LogP contribution in [-0.4, -0.2) is 7.11 Å². The molecule has 0 spiro atoms. The molecule has 26 heavy (non-hydrogen) atoms. The Labute approximate surface area is 160 Å². The van der Waals surface area contributed by atoms with E-state index in [9.17, 15) is 5.26 Å². The molecule has 7 unspecified atom stereocenters. The highest BCUT2D eigenvalue weighted by atomic mass is 16.5. The van der Waals surface area contributed by atoms with E-state index in [1.807, 2.05) is 13.8 Å². The lowest BCUT2D eigenvalue weighted by Gasteiger charge is -2.53. The second-order valence-electron chi connectivity index (χ2n) is 8.78. The fraction of sp³-hybridized carbons (Fsp3) is 0.792. The Morgan fingerprint density at radius 3 is 2.69 bits per heavy atom. The van der Waals surface area contributed by atoms with Gasteiger partial charge in [0.05, 0.1) is 24.9 Å². The van der Waals surface area contributed by atoms with Crippen molar-refractivity contribution in [2.24, 2.45) is 40.9 Å². The van der Waals surface area contributed by atoms with E-state index in [-0.39, 0.29) is 5.92 Å². The quantitative estimate of drug-likeness (QED) is 0.566. The summed E-state index contributed by atoms with van der Waals surface area (Å²) in [5, 5.41) is 9.83. The summed E-state index contributed by atoms with van der Waals surface area (Å²) in [5.74, 6) is 5.19. The standard InChI is InChI=1S/C22H31NO.C2H6/c1-4-22-10-9-18-17-8-6-16(24-3)12-15(17)5-7-19(18)20(22)11-14(2)21(22)13-23;1-2/h5,12,14,17-21H,4,6-11H2,1-3H3;1-2H3. The molecule has 0 aromatic carbocycles. The molecule has 0 saturated heterocycles. The third-order valence-corrected chi connectivity index (χ3v) is 8.22. The van der Waals surface area contributed by atoms with E-state index >= 15 is 0 Å². The number of allylic oxidation sites excluding steroid dienone is 4. The number of hydrogen-bond acceptors (Lipinski definition) is 2. The van der Waals surface area contributed by atoms with Gasteiger partial charge < -0.3 is 4.74 Å².